The third-order valence-electron chi connectivity index (χ3n) is 3.25. The van der Waals surface area contributed by atoms with Crippen LogP contribution in [0.25, 0.3) is 33.2 Å². The van der Waals surface area contributed by atoms with E-state index in [0.29, 0.717) is 5.65 Å². The van der Waals surface area contributed by atoms with Crippen LogP contribution in [0.5, 0.6) is 0 Å². The van der Waals surface area contributed by atoms with E-state index in [1.807, 2.05) is 48.5 Å². The minimum Gasteiger partial charge on any atom is -0.254 e. The SMILES string of the molecule is c1ccc2nc3ccccc3nc2c1.c1ncc2[nH]nnc2n1. The summed E-state index contributed by atoms with van der Waals surface area (Å²) in [6.45, 7) is 0. The van der Waals surface area contributed by atoms with Crippen LogP contribution in [0.4, 0.5) is 0 Å². The minimum absolute atomic E-state index is 0.602. The monoisotopic (exact) mass is 301 g/mol. The van der Waals surface area contributed by atoms with Gasteiger partial charge >= 0.3 is 0 Å². The highest BCUT2D eigenvalue weighted by Gasteiger charge is 1.98. The molecule has 7 nitrogen and oxygen atoms in total. The standard InChI is InChI=1S/C12H8N2.C4H3N5/c1-2-6-10-9(5-1)13-11-7-3-4-8-12(11)14-10;1-3-4(6-2-5-1)8-9-7-3/h1-8H;1-2H,(H,5,6,7,8,9). The van der Waals surface area contributed by atoms with Crippen molar-refractivity contribution in [2.45, 2.75) is 0 Å². The summed E-state index contributed by atoms with van der Waals surface area (Å²) >= 11 is 0. The predicted octanol–water partition coefficient (Wildman–Crippen LogP) is 2.53. The van der Waals surface area contributed by atoms with E-state index in [9.17, 15) is 0 Å². The molecule has 110 valence electrons. The Balaban J connectivity index is 0.000000130. The number of rotatable bonds is 0. The Morgan fingerprint density at radius 1 is 0.739 bits per heavy atom. The first-order valence-corrected chi connectivity index (χ1v) is 6.98. The zero-order chi connectivity index (χ0) is 15.5. The number of benzene rings is 2. The summed E-state index contributed by atoms with van der Waals surface area (Å²) in [5, 5.41) is 9.82. The largest absolute Gasteiger partial charge is 0.254 e. The fraction of sp³-hybridized carbons (Fsp3) is 0. The Bertz CT molecular complexity index is 952. The van der Waals surface area contributed by atoms with Crippen LogP contribution in [0.15, 0.2) is 61.1 Å². The molecule has 5 rings (SSSR count). The zero-order valence-corrected chi connectivity index (χ0v) is 12.0. The van der Waals surface area contributed by atoms with Crippen molar-refractivity contribution in [3.8, 4) is 0 Å². The fourth-order valence-electron chi connectivity index (χ4n) is 2.17. The van der Waals surface area contributed by atoms with Gasteiger partial charge in [0.2, 0.25) is 5.65 Å². The molecule has 0 aliphatic heterocycles. The van der Waals surface area contributed by atoms with Crippen LogP contribution in [0.2, 0.25) is 0 Å². The topological polar surface area (TPSA) is 93.1 Å². The molecule has 0 amide bonds. The van der Waals surface area contributed by atoms with Crippen molar-refractivity contribution in [2.75, 3.05) is 0 Å². The van der Waals surface area contributed by atoms with Gasteiger partial charge in [-0.3, -0.25) is 5.10 Å². The van der Waals surface area contributed by atoms with Crippen molar-refractivity contribution in [1.82, 2.24) is 35.3 Å². The Kier molecular flexibility index (Phi) is 3.28. The van der Waals surface area contributed by atoms with E-state index < -0.39 is 0 Å². The van der Waals surface area contributed by atoms with Crippen LogP contribution >= 0.6 is 0 Å². The number of nitrogens with one attached hydrogen (secondary N) is 1. The van der Waals surface area contributed by atoms with Gasteiger partial charge in [0.15, 0.2) is 0 Å². The van der Waals surface area contributed by atoms with E-state index in [2.05, 4.69) is 35.3 Å². The molecule has 0 aliphatic rings. The molecule has 0 bridgehead atoms. The number of nitrogens with zero attached hydrogens (tertiary/aromatic N) is 6. The summed E-state index contributed by atoms with van der Waals surface area (Å²) < 4.78 is 0. The number of hydrogen-bond acceptors (Lipinski definition) is 6. The van der Waals surface area contributed by atoms with Gasteiger partial charge in [-0.05, 0) is 24.3 Å². The molecule has 0 spiro atoms. The molecule has 0 fully saturated rings. The van der Waals surface area contributed by atoms with Crippen LogP contribution in [0.1, 0.15) is 0 Å². The lowest BCUT2D eigenvalue weighted by Crippen LogP contribution is -1.85. The molecule has 0 saturated carbocycles. The average Bonchev–Trinajstić information content (AvgIpc) is 3.09. The van der Waals surface area contributed by atoms with E-state index in [0.717, 1.165) is 27.6 Å². The van der Waals surface area contributed by atoms with Gasteiger partial charge in [0, 0.05) is 0 Å². The van der Waals surface area contributed by atoms with Crippen LogP contribution in [-0.4, -0.2) is 35.3 Å². The first kappa shape index (κ1) is 13.2. The van der Waals surface area contributed by atoms with Gasteiger partial charge < -0.3 is 0 Å². The lowest BCUT2D eigenvalue weighted by molar-refractivity contribution is 0.954. The van der Waals surface area contributed by atoms with E-state index in [4.69, 9.17) is 0 Å². The molecule has 0 saturated heterocycles. The molecule has 1 N–H and O–H groups in total. The lowest BCUT2D eigenvalue weighted by atomic mass is 10.2. The number of aromatic amines is 1. The van der Waals surface area contributed by atoms with Gasteiger partial charge in [-0.25, -0.2) is 19.9 Å². The maximum absolute atomic E-state index is 4.52. The summed E-state index contributed by atoms with van der Waals surface area (Å²) in [6, 6.07) is 15.8. The molecule has 0 unspecified atom stereocenters. The number of fused-ring (bicyclic) bond motifs is 3. The molecule has 3 heterocycles. The summed E-state index contributed by atoms with van der Waals surface area (Å²) in [4.78, 5) is 16.6. The van der Waals surface area contributed by atoms with Crippen molar-refractivity contribution in [3.05, 3.63) is 61.1 Å². The fourth-order valence-corrected chi connectivity index (χ4v) is 2.17. The molecule has 2 aromatic carbocycles. The number of aromatic nitrogens is 7. The Hall–Kier alpha value is -3.48. The van der Waals surface area contributed by atoms with E-state index in [1.165, 1.54) is 6.33 Å². The molecule has 0 atom stereocenters. The Morgan fingerprint density at radius 3 is 1.83 bits per heavy atom. The molecular weight excluding hydrogens is 290 g/mol. The van der Waals surface area contributed by atoms with Gasteiger partial charge in [-0.1, -0.05) is 29.5 Å². The van der Waals surface area contributed by atoms with Gasteiger partial charge in [0.25, 0.3) is 0 Å². The molecule has 7 heteroatoms. The summed E-state index contributed by atoms with van der Waals surface area (Å²) in [5.41, 5.74) is 5.16. The number of para-hydroxylation sites is 4. The molecule has 0 radical (unpaired) electrons. The van der Waals surface area contributed by atoms with Crippen molar-refractivity contribution < 1.29 is 0 Å². The van der Waals surface area contributed by atoms with Crippen LogP contribution < -0.4 is 0 Å². The average molecular weight is 301 g/mol. The highest BCUT2D eigenvalue weighted by molar-refractivity contribution is 5.85. The zero-order valence-electron chi connectivity index (χ0n) is 12.0. The lowest BCUT2D eigenvalue weighted by Gasteiger charge is -1.98. The quantitative estimate of drug-likeness (QED) is 0.442. The van der Waals surface area contributed by atoms with Gasteiger partial charge in [0.05, 0.1) is 28.3 Å². The summed E-state index contributed by atoms with van der Waals surface area (Å²) in [6.07, 6.45) is 3.06. The predicted molar refractivity (Wildman–Crippen MR) is 86.5 cm³/mol. The molecule has 5 aromatic rings. The van der Waals surface area contributed by atoms with Gasteiger partial charge in [-0.2, -0.15) is 0 Å². The van der Waals surface area contributed by atoms with Gasteiger partial charge in [-0.15, -0.1) is 5.10 Å². The van der Waals surface area contributed by atoms with Crippen LogP contribution in [-0.2, 0) is 0 Å². The van der Waals surface area contributed by atoms with Crippen molar-refractivity contribution >= 4 is 33.2 Å². The second kappa shape index (κ2) is 5.72. The Morgan fingerprint density at radius 2 is 1.30 bits per heavy atom. The minimum atomic E-state index is 0.602. The van der Waals surface area contributed by atoms with E-state index in [1.54, 1.807) is 6.20 Å². The van der Waals surface area contributed by atoms with E-state index >= 15 is 0 Å². The third-order valence-corrected chi connectivity index (χ3v) is 3.25. The van der Waals surface area contributed by atoms with Gasteiger partial charge in [0.1, 0.15) is 11.8 Å². The van der Waals surface area contributed by atoms with Crippen molar-refractivity contribution in [1.29, 1.82) is 0 Å². The second-order valence-electron chi connectivity index (χ2n) is 4.77. The highest BCUT2D eigenvalue weighted by Crippen LogP contribution is 2.14. The first-order valence-electron chi connectivity index (χ1n) is 6.98. The maximum atomic E-state index is 4.52. The number of H-pyrrole nitrogens is 1. The molecule has 23 heavy (non-hydrogen) atoms. The highest BCUT2D eigenvalue weighted by atomic mass is 15.3. The smallest absolute Gasteiger partial charge is 0.204 e. The van der Waals surface area contributed by atoms with E-state index in [-0.39, 0.29) is 0 Å². The first-order chi connectivity index (χ1) is 11.4. The second-order valence-corrected chi connectivity index (χ2v) is 4.77. The van der Waals surface area contributed by atoms with Crippen molar-refractivity contribution in [3.63, 3.8) is 0 Å². The maximum Gasteiger partial charge on any atom is 0.204 e. The van der Waals surface area contributed by atoms with Crippen molar-refractivity contribution in [2.24, 2.45) is 0 Å². The molecular formula is C16H11N7. The summed E-state index contributed by atoms with van der Waals surface area (Å²) in [5.74, 6) is 0. The Labute approximate surface area is 130 Å². The van der Waals surface area contributed by atoms with Crippen LogP contribution in [0.3, 0.4) is 0 Å². The molecule has 0 aliphatic carbocycles. The summed E-state index contributed by atoms with van der Waals surface area (Å²) in [7, 11) is 0. The third kappa shape index (κ3) is 2.67. The number of hydrogen-bond donors (Lipinski definition) is 1. The van der Waals surface area contributed by atoms with Crippen LogP contribution in [0, 0.1) is 0 Å². The normalized spacial score (nSPS) is 10.6. The molecule has 3 aromatic heterocycles.